The molecular weight excluding hydrogens is 156 g/mol. The molecule has 1 aliphatic rings. The molecule has 13 heavy (non-hydrogen) atoms. The van der Waals surface area contributed by atoms with E-state index in [9.17, 15) is 0 Å². The molecule has 0 aliphatic heterocycles. The summed E-state index contributed by atoms with van der Waals surface area (Å²) in [6.45, 7) is 7.21. The molecule has 0 N–H and O–H groups in total. The summed E-state index contributed by atoms with van der Waals surface area (Å²) in [7, 11) is 0. The molecule has 0 radical (unpaired) electrons. The number of hydrogen-bond acceptors (Lipinski definition) is 0. The van der Waals surface area contributed by atoms with Crippen molar-refractivity contribution in [2.24, 2.45) is 17.8 Å². The first kappa shape index (κ1) is 11.1. The van der Waals surface area contributed by atoms with E-state index in [1.165, 1.54) is 44.9 Å². The van der Waals surface area contributed by atoms with Crippen LogP contribution >= 0.6 is 0 Å². The molecule has 78 valence electrons. The Morgan fingerprint density at radius 3 is 2.54 bits per heavy atom. The molecule has 3 unspecified atom stereocenters. The lowest BCUT2D eigenvalue weighted by atomic mass is 9.82. The average molecular weight is 182 g/mol. The Kier molecular flexibility index (Phi) is 4.83. The molecule has 0 nitrogen and oxygen atoms in total. The van der Waals surface area contributed by atoms with Crippen LogP contribution in [-0.2, 0) is 0 Å². The zero-order valence-electron chi connectivity index (χ0n) is 9.68. The van der Waals surface area contributed by atoms with Crippen LogP contribution in [0.15, 0.2) is 0 Å². The van der Waals surface area contributed by atoms with Crippen LogP contribution in [0, 0.1) is 17.8 Å². The predicted octanol–water partition coefficient (Wildman–Crippen LogP) is 4.64. The van der Waals surface area contributed by atoms with E-state index in [1.54, 1.807) is 0 Å². The topological polar surface area (TPSA) is 0 Å². The third-order valence-corrected chi connectivity index (χ3v) is 3.94. The molecule has 1 aliphatic carbocycles. The first-order valence-corrected chi connectivity index (χ1v) is 6.24. The second kappa shape index (κ2) is 5.67. The molecule has 0 bridgehead atoms. The third-order valence-electron chi connectivity index (χ3n) is 3.94. The van der Waals surface area contributed by atoms with Gasteiger partial charge in [-0.1, -0.05) is 59.3 Å². The van der Waals surface area contributed by atoms with E-state index < -0.39 is 0 Å². The standard InChI is InChI=1S/C13H26/c1-4-11(2)10-13-9-7-5-6-8-12(13)3/h11-13H,4-10H2,1-3H3. The first-order chi connectivity index (χ1) is 6.24. The quantitative estimate of drug-likeness (QED) is 0.558. The molecule has 1 rings (SSSR count). The van der Waals surface area contributed by atoms with Crippen molar-refractivity contribution in [2.45, 2.75) is 65.7 Å². The smallest absolute Gasteiger partial charge is 0.0386 e. The fourth-order valence-corrected chi connectivity index (χ4v) is 2.60. The van der Waals surface area contributed by atoms with Crippen LogP contribution in [0.2, 0.25) is 0 Å². The van der Waals surface area contributed by atoms with Crippen molar-refractivity contribution < 1.29 is 0 Å². The van der Waals surface area contributed by atoms with Crippen molar-refractivity contribution in [3.05, 3.63) is 0 Å². The van der Waals surface area contributed by atoms with Crippen LogP contribution in [0.5, 0.6) is 0 Å². The molecule has 0 aromatic carbocycles. The zero-order valence-corrected chi connectivity index (χ0v) is 9.68. The van der Waals surface area contributed by atoms with Gasteiger partial charge in [0.25, 0.3) is 0 Å². The Labute approximate surface area is 84.1 Å². The van der Waals surface area contributed by atoms with Crippen molar-refractivity contribution >= 4 is 0 Å². The van der Waals surface area contributed by atoms with Crippen molar-refractivity contribution in [1.29, 1.82) is 0 Å². The molecule has 0 aromatic heterocycles. The van der Waals surface area contributed by atoms with Gasteiger partial charge in [-0.2, -0.15) is 0 Å². The molecular formula is C13H26. The Bertz CT molecular complexity index is 128. The Balaban J connectivity index is 2.35. The molecule has 0 heteroatoms. The Hall–Kier alpha value is 0. The van der Waals surface area contributed by atoms with Gasteiger partial charge in [-0.15, -0.1) is 0 Å². The highest BCUT2D eigenvalue weighted by Crippen LogP contribution is 2.33. The van der Waals surface area contributed by atoms with Crippen molar-refractivity contribution in [2.75, 3.05) is 0 Å². The number of hydrogen-bond donors (Lipinski definition) is 0. The van der Waals surface area contributed by atoms with Crippen LogP contribution in [0.1, 0.15) is 65.7 Å². The summed E-state index contributed by atoms with van der Waals surface area (Å²) in [5.74, 6) is 2.99. The highest BCUT2D eigenvalue weighted by Gasteiger charge is 2.20. The summed E-state index contributed by atoms with van der Waals surface area (Å²) in [5, 5.41) is 0. The second-order valence-corrected chi connectivity index (χ2v) is 5.12. The van der Waals surface area contributed by atoms with Gasteiger partial charge in [0.1, 0.15) is 0 Å². The summed E-state index contributed by atoms with van der Waals surface area (Å²) >= 11 is 0. The van der Waals surface area contributed by atoms with E-state index in [0.29, 0.717) is 0 Å². The second-order valence-electron chi connectivity index (χ2n) is 5.12. The van der Waals surface area contributed by atoms with Crippen LogP contribution in [0.25, 0.3) is 0 Å². The van der Waals surface area contributed by atoms with Crippen LogP contribution in [0.4, 0.5) is 0 Å². The van der Waals surface area contributed by atoms with Gasteiger partial charge in [0.15, 0.2) is 0 Å². The van der Waals surface area contributed by atoms with Gasteiger partial charge >= 0.3 is 0 Å². The van der Waals surface area contributed by atoms with Gasteiger partial charge in [0, 0.05) is 0 Å². The summed E-state index contributed by atoms with van der Waals surface area (Å²) in [4.78, 5) is 0. The lowest BCUT2D eigenvalue weighted by Crippen LogP contribution is -2.13. The largest absolute Gasteiger partial charge is 0.0651 e. The fraction of sp³-hybridized carbons (Fsp3) is 1.00. The van der Waals surface area contributed by atoms with Crippen LogP contribution in [-0.4, -0.2) is 0 Å². The molecule has 0 spiro atoms. The number of rotatable bonds is 3. The summed E-state index contributed by atoms with van der Waals surface area (Å²) < 4.78 is 0. The van der Waals surface area contributed by atoms with Crippen molar-refractivity contribution in [1.82, 2.24) is 0 Å². The molecule has 0 heterocycles. The summed E-state index contributed by atoms with van der Waals surface area (Å²) in [5.41, 5.74) is 0. The highest BCUT2D eigenvalue weighted by molar-refractivity contribution is 4.72. The van der Waals surface area contributed by atoms with E-state index in [0.717, 1.165) is 17.8 Å². The summed E-state index contributed by atoms with van der Waals surface area (Å²) in [6.07, 6.45) is 10.3. The zero-order chi connectivity index (χ0) is 9.68. The average Bonchev–Trinajstić information content (AvgIpc) is 2.32. The fourth-order valence-electron chi connectivity index (χ4n) is 2.60. The first-order valence-electron chi connectivity index (χ1n) is 6.24. The molecule has 1 saturated carbocycles. The molecule has 0 aromatic rings. The van der Waals surface area contributed by atoms with Gasteiger partial charge in [0.05, 0.1) is 0 Å². The minimum absolute atomic E-state index is 0.950. The van der Waals surface area contributed by atoms with E-state index in [-0.39, 0.29) is 0 Å². The Morgan fingerprint density at radius 1 is 1.15 bits per heavy atom. The molecule has 3 atom stereocenters. The maximum atomic E-state index is 2.47. The van der Waals surface area contributed by atoms with Gasteiger partial charge in [0.2, 0.25) is 0 Å². The molecule has 0 amide bonds. The molecule has 1 fully saturated rings. The van der Waals surface area contributed by atoms with E-state index in [1.807, 2.05) is 0 Å². The van der Waals surface area contributed by atoms with E-state index in [4.69, 9.17) is 0 Å². The van der Waals surface area contributed by atoms with Gasteiger partial charge < -0.3 is 0 Å². The predicted molar refractivity (Wildman–Crippen MR) is 59.8 cm³/mol. The van der Waals surface area contributed by atoms with Crippen molar-refractivity contribution in [3.63, 3.8) is 0 Å². The highest BCUT2D eigenvalue weighted by atomic mass is 14.3. The molecule has 0 saturated heterocycles. The lowest BCUT2D eigenvalue weighted by Gasteiger charge is -2.24. The van der Waals surface area contributed by atoms with E-state index in [2.05, 4.69) is 20.8 Å². The van der Waals surface area contributed by atoms with Gasteiger partial charge in [-0.3, -0.25) is 0 Å². The minimum atomic E-state index is 0.950. The van der Waals surface area contributed by atoms with Gasteiger partial charge in [-0.25, -0.2) is 0 Å². The minimum Gasteiger partial charge on any atom is -0.0651 e. The monoisotopic (exact) mass is 182 g/mol. The van der Waals surface area contributed by atoms with E-state index >= 15 is 0 Å². The maximum absolute atomic E-state index is 2.47. The normalized spacial score (nSPS) is 32.5. The van der Waals surface area contributed by atoms with Crippen LogP contribution in [0.3, 0.4) is 0 Å². The lowest BCUT2D eigenvalue weighted by molar-refractivity contribution is 0.272. The third kappa shape index (κ3) is 3.70. The van der Waals surface area contributed by atoms with Gasteiger partial charge in [-0.05, 0) is 24.2 Å². The Morgan fingerprint density at radius 2 is 1.85 bits per heavy atom. The summed E-state index contributed by atoms with van der Waals surface area (Å²) in [6, 6.07) is 0. The van der Waals surface area contributed by atoms with Crippen molar-refractivity contribution in [3.8, 4) is 0 Å². The SMILES string of the molecule is CCC(C)CC1CCCCCC1C. The van der Waals surface area contributed by atoms with Crippen LogP contribution < -0.4 is 0 Å². The maximum Gasteiger partial charge on any atom is -0.0386 e.